The van der Waals surface area contributed by atoms with Gasteiger partial charge < -0.3 is 9.84 Å². The molecule has 0 saturated heterocycles. The smallest absolute Gasteiger partial charge is 0.374 e. The quantitative estimate of drug-likeness (QED) is 0.651. The number of Topliss-reactive ketones (excluding diaryl/α,β-unsaturated/α-hetero) is 2. The number of aliphatic carboxylic acids is 1. The molecule has 0 radical (unpaired) electrons. The zero-order valence-corrected chi connectivity index (χ0v) is 12.2. The molecule has 1 N–H and O–H groups in total. The van der Waals surface area contributed by atoms with Gasteiger partial charge in [0.1, 0.15) is 0 Å². The number of ether oxygens (including phenoxy) is 1. The van der Waals surface area contributed by atoms with Gasteiger partial charge in [-0.05, 0) is 19.4 Å². The van der Waals surface area contributed by atoms with E-state index in [4.69, 9.17) is 5.11 Å². The molecular formula is C15H18O6. The highest BCUT2D eigenvalue weighted by Gasteiger charge is 2.11. The Labute approximate surface area is 122 Å². The Hall–Kier alpha value is -2.50. The van der Waals surface area contributed by atoms with Crippen molar-refractivity contribution >= 4 is 23.5 Å². The molecule has 114 valence electrons. The second-order valence-corrected chi connectivity index (χ2v) is 4.40. The third-order valence-corrected chi connectivity index (χ3v) is 2.08. The van der Waals surface area contributed by atoms with Crippen LogP contribution in [0.2, 0.25) is 0 Å². The van der Waals surface area contributed by atoms with E-state index in [1.165, 1.54) is 6.92 Å². The van der Waals surface area contributed by atoms with Crippen LogP contribution in [0.4, 0.5) is 0 Å². The van der Waals surface area contributed by atoms with Gasteiger partial charge in [-0.2, -0.15) is 0 Å². The molecule has 1 rings (SSSR count). The fourth-order valence-electron chi connectivity index (χ4n) is 1.15. The van der Waals surface area contributed by atoms with E-state index in [1.54, 1.807) is 38.1 Å². The maximum atomic E-state index is 10.7. The lowest BCUT2D eigenvalue weighted by Crippen LogP contribution is -2.17. The molecule has 0 aliphatic rings. The lowest BCUT2D eigenvalue weighted by molar-refractivity contribution is -0.155. The number of rotatable bonds is 5. The molecule has 6 nitrogen and oxygen atoms in total. The normalized spacial score (nSPS) is 9.33. The average Bonchev–Trinajstić information content (AvgIpc) is 2.39. The SMILES string of the molecule is CC(=O)C(=O)OC(C)C.O=C(O)C(=O)Cc1ccccc1. The highest BCUT2D eigenvalue weighted by atomic mass is 16.5. The number of hydrogen-bond donors (Lipinski definition) is 1. The van der Waals surface area contributed by atoms with Crippen molar-refractivity contribution < 1.29 is 29.0 Å². The van der Waals surface area contributed by atoms with Gasteiger partial charge in [-0.1, -0.05) is 30.3 Å². The molecule has 0 saturated carbocycles. The summed E-state index contributed by atoms with van der Waals surface area (Å²) in [4.78, 5) is 41.5. The number of carbonyl (C=O) groups is 4. The first-order chi connectivity index (χ1) is 9.73. The van der Waals surface area contributed by atoms with Gasteiger partial charge in [0, 0.05) is 13.3 Å². The molecule has 21 heavy (non-hydrogen) atoms. The minimum atomic E-state index is -1.38. The first kappa shape index (κ1) is 18.5. The van der Waals surface area contributed by atoms with Crippen molar-refractivity contribution in [3.8, 4) is 0 Å². The molecule has 0 fully saturated rings. The van der Waals surface area contributed by atoms with Crippen LogP contribution in [0.15, 0.2) is 30.3 Å². The Morgan fingerprint density at radius 3 is 1.95 bits per heavy atom. The Kier molecular flexibility index (Phi) is 8.29. The molecule has 0 aromatic heterocycles. The molecule has 1 aromatic carbocycles. The number of carbonyl (C=O) groups excluding carboxylic acids is 3. The highest BCUT2D eigenvalue weighted by Crippen LogP contribution is 1.99. The molecule has 1 aromatic rings. The lowest BCUT2D eigenvalue weighted by atomic mass is 10.1. The van der Waals surface area contributed by atoms with Crippen molar-refractivity contribution in [2.24, 2.45) is 0 Å². The van der Waals surface area contributed by atoms with Crippen LogP contribution in [0.5, 0.6) is 0 Å². The van der Waals surface area contributed by atoms with Crippen LogP contribution in [0.25, 0.3) is 0 Å². The largest absolute Gasteiger partial charge is 0.475 e. The summed E-state index contributed by atoms with van der Waals surface area (Å²) >= 11 is 0. The Balaban J connectivity index is 0.000000400. The summed E-state index contributed by atoms with van der Waals surface area (Å²) in [5.41, 5.74) is 0.727. The third-order valence-electron chi connectivity index (χ3n) is 2.08. The van der Waals surface area contributed by atoms with Crippen molar-refractivity contribution in [1.82, 2.24) is 0 Å². The predicted octanol–water partition coefficient (Wildman–Crippen LogP) is 1.41. The van der Waals surface area contributed by atoms with E-state index in [0.29, 0.717) is 0 Å². The number of benzene rings is 1. The molecular weight excluding hydrogens is 276 g/mol. The van der Waals surface area contributed by atoms with Crippen molar-refractivity contribution in [2.45, 2.75) is 33.3 Å². The standard InChI is InChI=1S/C9H8O3.C6H10O3/c10-8(9(11)12)6-7-4-2-1-3-5-7;1-4(2)9-6(8)5(3)7/h1-5H,6H2,(H,11,12);4H,1-3H3. The minimum absolute atomic E-state index is 0.0316. The van der Waals surface area contributed by atoms with Gasteiger partial charge in [0.15, 0.2) is 0 Å². The summed E-state index contributed by atoms with van der Waals surface area (Å²) in [6, 6.07) is 8.80. The summed E-state index contributed by atoms with van der Waals surface area (Å²) in [5.74, 6) is -3.46. The van der Waals surface area contributed by atoms with Gasteiger partial charge in [0.25, 0.3) is 0 Å². The number of esters is 1. The van der Waals surface area contributed by atoms with Crippen molar-refractivity contribution in [2.75, 3.05) is 0 Å². The third kappa shape index (κ3) is 9.10. The van der Waals surface area contributed by atoms with Crippen molar-refractivity contribution in [1.29, 1.82) is 0 Å². The lowest BCUT2D eigenvalue weighted by Gasteiger charge is -2.03. The van der Waals surface area contributed by atoms with Gasteiger partial charge in [0.05, 0.1) is 6.10 Å². The fraction of sp³-hybridized carbons (Fsp3) is 0.333. The molecule has 0 heterocycles. The summed E-state index contributed by atoms with van der Waals surface area (Å²) in [5, 5.41) is 8.29. The number of carboxylic acid groups (broad SMARTS) is 1. The topological polar surface area (TPSA) is 97.7 Å². The maximum absolute atomic E-state index is 10.7. The summed E-state index contributed by atoms with van der Waals surface area (Å²) < 4.78 is 4.52. The van der Waals surface area contributed by atoms with E-state index in [-0.39, 0.29) is 12.5 Å². The van der Waals surface area contributed by atoms with Crippen molar-refractivity contribution in [3.05, 3.63) is 35.9 Å². The van der Waals surface area contributed by atoms with Crippen LogP contribution >= 0.6 is 0 Å². The molecule has 0 aliphatic heterocycles. The molecule has 0 unspecified atom stereocenters. The summed E-state index contributed by atoms with van der Waals surface area (Å²) in [6.07, 6.45) is -0.239. The summed E-state index contributed by atoms with van der Waals surface area (Å²) in [6.45, 7) is 4.58. The molecule has 0 atom stereocenters. The van der Waals surface area contributed by atoms with Crippen LogP contribution in [0, 0.1) is 0 Å². The van der Waals surface area contributed by atoms with Crippen molar-refractivity contribution in [3.63, 3.8) is 0 Å². The molecule has 6 heteroatoms. The van der Waals surface area contributed by atoms with Crippen LogP contribution in [0.1, 0.15) is 26.3 Å². The zero-order chi connectivity index (χ0) is 16.4. The molecule has 0 aliphatic carbocycles. The number of ketones is 2. The summed E-state index contributed by atoms with van der Waals surface area (Å²) in [7, 11) is 0. The fourth-order valence-corrected chi connectivity index (χ4v) is 1.15. The van der Waals surface area contributed by atoms with E-state index < -0.39 is 23.5 Å². The second-order valence-electron chi connectivity index (χ2n) is 4.40. The van der Waals surface area contributed by atoms with Crippen LogP contribution in [-0.2, 0) is 30.3 Å². The Bertz CT molecular complexity index is 504. The monoisotopic (exact) mass is 294 g/mol. The van der Waals surface area contributed by atoms with E-state index >= 15 is 0 Å². The van der Waals surface area contributed by atoms with E-state index in [0.717, 1.165) is 5.56 Å². The minimum Gasteiger partial charge on any atom is -0.475 e. The van der Waals surface area contributed by atoms with E-state index in [2.05, 4.69) is 4.74 Å². The molecule has 0 bridgehead atoms. The van der Waals surface area contributed by atoms with Gasteiger partial charge >= 0.3 is 11.9 Å². The first-order valence-corrected chi connectivity index (χ1v) is 6.25. The molecule has 0 amide bonds. The maximum Gasteiger partial charge on any atom is 0.374 e. The van der Waals surface area contributed by atoms with E-state index in [1.807, 2.05) is 6.07 Å². The average molecular weight is 294 g/mol. The predicted molar refractivity (Wildman–Crippen MR) is 74.7 cm³/mol. The Morgan fingerprint density at radius 1 is 1.10 bits per heavy atom. The van der Waals surface area contributed by atoms with Gasteiger partial charge in [0.2, 0.25) is 11.6 Å². The van der Waals surface area contributed by atoms with Crippen LogP contribution < -0.4 is 0 Å². The van der Waals surface area contributed by atoms with Gasteiger partial charge in [-0.25, -0.2) is 9.59 Å². The van der Waals surface area contributed by atoms with Gasteiger partial charge in [-0.3, -0.25) is 9.59 Å². The zero-order valence-electron chi connectivity index (χ0n) is 12.2. The second kappa shape index (κ2) is 9.41. The molecule has 0 spiro atoms. The highest BCUT2D eigenvalue weighted by molar-refractivity contribution is 6.33. The van der Waals surface area contributed by atoms with Gasteiger partial charge in [-0.15, -0.1) is 0 Å². The Morgan fingerprint density at radius 2 is 1.62 bits per heavy atom. The first-order valence-electron chi connectivity index (χ1n) is 6.25. The number of carboxylic acids is 1. The number of hydrogen-bond acceptors (Lipinski definition) is 5. The van der Waals surface area contributed by atoms with Crippen LogP contribution in [-0.4, -0.2) is 34.7 Å². The van der Waals surface area contributed by atoms with E-state index in [9.17, 15) is 19.2 Å². The van der Waals surface area contributed by atoms with Crippen LogP contribution in [0.3, 0.4) is 0 Å².